The molecule has 140 valence electrons. The molecular weight excluding hydrogens is 342 g/mol. The minimum absolute atomic E-state index is 0.154. The lowest BCUT2D eigenvalue weighted by Gasteiger charge is -2.45. The van der Waals surface area contributed by atoms with Gasteiger partial charge in [-0.3, -0.25) is 4.90 Å². The average molecular weight is 367 g/mol. The molecule has 3 aliphatic rings. The first kappa shape index (κ1) is 16.2. The molecule has 0 spiro atoms. The van der Waals surface area contributed by atoms with E-state index in [1.165, 1.54) is 71.3 Å². The molecule has 0 saturated carbocycles. The van der Waals surface area contributed by atoms with Crippen molar-refractivity contribution in [2.45, 2.75) is 25.4 Å². The lowest BCUT2D eigenvalue weighted by Crippen LogP contribution is -2.43. The number of nitrogens with one attached hydrogen (secondary N) is 1. The topological polar surface area (TPSA) is 18.5 Å². The Kier molecular flexibility index (Phi) is 3.69. The van der Waals surface area contributed by atoms with Crippen LogP contribution in [0.15, 0.2) is 66.4 Å². The van der Waals surface area contributed by atoms with Crippen LogP contribution in [0.2, 0.25) is 0 Å². The summed E-state index contributed by atoms with van der Waals surface area (Å²) in [5, 5.41) is 6.49. The van der Waals surface area contributed by atoms with Crippen LogP contribution in [-0.2, 0) is 0 Å². The maximum Gasteiger partial charge on any atom is 0.130 e. The number of fused-ring (bicyclic) bond motifs is 4. The number of rotatable bonds is 2. The lowest BCUT2D eigenvalue weighted by molar-refractivity contribution is 0.244. The molecule has 28 heavy (non-hydrogen) atoms. The fourth-order valence-electron chi connectivity index (χ4n) is 5.14. The number of hydrogen-bond donors (Lipinski definition) is 1. The SMILES string of the molecule is C1=C(CN2CCCCC2)N2c3cccc4cccc(c34)NC2c2ccccc21. The number of anilines is 2. The van der Waals surface area contributed by atoms with Gasteiger partial charge in [0.25, 0.3) is 0 Å². The highest BCUT2D eigenvalue weighted by Gasteiger charge is 2.34. The second kappa shape index (κ2) is 6.39. The van der Waals surface area contributed by atoms with Crippen molar-refractivity contribution in [3.8, 4) is 0 Å². The molecule has 3 heteroatoms. The van der Waals surface area contributed by atoms with Crippen molar-refractivity contribution in [3.63, 3.8) is 0 Å². The Hall–Kier alpha value is -2.78. The van der Waals surface area contributed by atoms with Crippen LogP contribution >= 0.6 is 0 Å². The van der Waals surface area contributed by atoms with E-state index in [9.17, 15) is 0 Å². The first-order valence-corrected chi connectivity index (χ1v) is 10.5. The monoisotopic (exact) mass is 367 g/mol. The Labute approximate surface area is 166 Å². The maximum absolute atomic E-state index is 3.85. The van der Waals surface area contributed by atoms with Gasteiger partial charge in [0.1, 0.15) is 6.17 Å². The van der Waals surface area contributed by atoms with Gasteiger partial charge in [-0.1, -0.05) is 55.0 Å². The molecule has 3 nitrogen and oxygen atoms in total. The third-order valence-electron chi connectivity index (χ3n) is 6.45. The highest BCUT2D eigenvalue weighted by atomic mass is 15.3. The number of likely N-dealkylation sites (tertiary alicyclic amines) is 1. The summed E-state index contributed by atoms with van der Waals surface area (Å²) in [7, 11) is 0. The van der Waals surface area contributed by atoms with Crippen LogP contribution < -0.4 is 10.2 Å². The lowest BCUT2D eigenvalue weighted by atomic mass is 9.93. The summed E-state index contributed by atoms with van der Waals surface area (Å²) >= 11 is 0. The van der Waals surface area contributed by atoms with Crippen molar-refractivity contribution in [1.29, 1.82) is 0 Å². The van der Waals surface area contributed by atoms with Gasteiger partial charge in [0, 0.05) is 28.9 Å². The molecule has 6 rings (SSSR count). The first-order chi connectivity index (χ1) is 13.9. The zero-order valence-electron chi connectivity index (χ0n) is 16.1. The molecular formula is C25H25N3. The number of nitrogens with zero attached hydrogens (tertiary/aromatic N) is 2. The highest BCUT2D eigenvalue weighted by Crippen LogP contribution is 2.47. The van der Waals surface area contributed by atoms with Gasteiger partial charge in [-0.25, -0.2) is 0 Å². The highest BCUT2D eigenvalue weighted by molar-refractivity contribution is 6.06. The van der Waals surface area contributed by atoms with Crippen molar-refractivity contribution in [2.75, 3.05) is 29.9 Å². The molecule has 1 fully saturated rings. The molecule has 0 aromatic heterocycles. The zero-order valence-corrected chi connectivity index (χ0v) is 16.1. The summed E-state index contributed by atoms with van der Waals surface area (Å²) in [4.78, 5) is 5.17. The molecule has 3 aromatic rings. The standard InChI is InChI=1S/C25H25N3/c1-4-14-27(15-5-1)17-20-16-19-8-2-3-11-21(19)25-26-22-12-6-9-18-10-7-13-23(24(18)22)28(20)25/h2-3,6-13,16,25-26H,1,4-5,14-15,17H2. The molecule has 0 aliphatic carbocycles. The molecule has 3 aliphatic heterocycles. The Bertz CT molecular complexity index is 1070. The average Bonchev–Trinajstić information content (AvgIpc) is 2.75. The quantitative estimate of drug-likeness (QED) is 0.635. The van der Waals surface area contributed by atoms with Crippen molar-refractivity contribution in [1.82, 2.24) is 4.90 Å². The van der Waals surface area contributed by atoms with Crippen LogP contribution in [0.4, 0.5) is 11.4 Å². The van der Waals surface area contributed by atoms with E-state index in [2.05, 4.69) is 81.9 Å². The molecule has 3 heterocycles. The Morgan fingerprint density at radius 2 is 1.68 bits per heavy atom. The fraction of sp³-hybridized carbons (Fsp3) is 0.280. The number of piperidine rings is 1. The minimum Gasteiger partial charge on any atom is -0.361 e. The van der Waals surface area contributed by atoms with Crippen LogP contribution in [0.3, 0.4) is 0 Å². The van der Waals surface area contributed by atoms with E-state index in [4.69, 9.17) is 0 Å². The summed E-state index contributed by atoms with van der Waals surface area (Å²) in [6, 6.07) is 22.1. The fourth-order valence-corrected chi connectivity index (χ4v) is 5.14. The van der Waals surface area contributed by atoms with E-state index in [0.717, 1.165) is 6.54 Å². The molecule has 1 N–H and O–H groups in total. The van der Waals surface area contributed by atoms with Crippen molar-refractivity contribution in [3.05, 3.63) is 77.5 Å². The largest absolute Gasteiger partial charge is 0.361 e. The van der Waals surface area contributed by atoms with Crippen LogP contribution in [0.1, 0.15) is 36.6 Å². The smallest absolute Gasteiger partial charge is 0.130 e. The van der Waals surface area contributed by atoms with Gasteiger partial charge < -0.3 is 10.2 Å². The molecule has 1 unspecified atom stereocenters. The molecule has 0 amide bonds. The normalized spacial score (nSPS) is 20.9. The summed E-state index contributed by atoms with van der Waals surface area (Å²) < 4.78 is 0. The summed E-state index contributed by atoms with van der Waals surface area (Å²) in [5.74, 6) is 0. The predicted molar refractivity (Wildman–Crippen MR) is 118 cm³/mol. The third-order valence-corrected chi connectivity index (χ3v) is 6.45. The summed E-state index contributed by atoms with van der Waals surface area (Å²) in [6.45, 7) is 3.45. The first-order valence-electron chi connectivity index (χ1n) is 10.5. The van der Waals surface area contributed by atoms with Crippen LogP contribution in [0.5, 0.6) is 0 Å². The predicted octanol–water partition coefficient (Wildman–Crippen LogP) is 5.61. The zero-order chi connectivity index (χ0) is 18.5. The second-order valence-corrected chi connectivity index (χ2v) is 8.20. The molecule has 1 atom stereocenters. The van der Waals surface area contributed by atoms with Crippen LogP contribution in [0, 0.1) is 0 Å². The van der Waals surface area contributed by atoms with Gasteiger partial charge in [-0.15, -0.1) is 0 Å². The van der Waals surface area contributed by atoms with Crippen LogP contribution in [-0.4, -0.2) is 24.5 Å². The van der Waals surface area contributed by atoms with Crippen molar-refractivity contribution < 1.29 is 0 Å². The van der Waals surface area contributed by atoms with Gasteiger partial charge in [0.2, 0.25) is 0 Å². The van der Waals surface area contributed by atoms with Crippen LogP contribution in [0.25, 0.3) is 16.8 Å². The summed E-state index contributed by atoms with van der Waals surface area (Å²) in [5.41, 5.74) is 6.67. The van der Waals surface area contributed by atoms with Gasteiger partial charge in [-0.2, -0.15) is 0 Å². The van der Waals surface area contributed by atoms with Crippen molar-refractivity contribution in [2.24, 2.45) is 0 Å². The van der Waals surface area contributed by atoms with E-state index >= 15 is 0 Å². The Balaban J connectivity index is 1.52. The number of hydrogen-bond acceptors (Lipinski definition) is 3. The van der Waals surface area contributed by atoms with E-state index in [1.54, 1.807) is 0 Å². The summed E-state index contributed by atoms with van der Waals surface area (Å²) in [6.07, 6.45) is 6.59. The van der Waals surface area contributed by atoms with E-state index in [0.29, 0.717) is 0 Å². The Morgan fingerprint density at radius 1 is 0.857 bits per heavy atom. The van der Waals surface area contributed by atoms with E-state index in [-0.39, 0.29) is 6.17 Å². The van der Waals surface area contributed by atoms with Gasteiger partial charge in [0.05, 0.1) is 5.69 Å². The van der Waals surface area contributed by atoms with E-state index < -0.39 is 0 Å². The maximum atomic E-state index is 3.85. The van der Waals surface area contributed by atoms with E-state index in [1.807, 2.05) is 0 Å². The molecule has 3 aromatic carbocycles. The number of benzene rings is 3. The second-order valence-electron chi connectivity index (χ2n) is 8.20. The molecule has 0 radical (unpaired) electrons. The van der Waals surface area contributed by atoms with Crippen molar-refractivity contribution >= 4 is 28.2 Å². The minimum atomic E-state index is 0.154. The van der Waals surface area contributed by atoms with Gasteiger partial charge in [0.15, 0.2) is 0 Å². The molecule has 1 saturated heterocycles. The third kappa shape index (κ3) is 2.46. The van der Waals surface area contributed by atoms with Gasteiger partial charge in [-0.05, 0) is 55.1 Å². The molecule has 0 bridgehead atoms. The Morgan fingerprint density at radius 3 is 2.57 bits per heavy atom. The van der Waals surface area contributed by atoms with Gasteiger partial charge >= 0.3 is 0 Å².